The van der Waals surface area contributed by atoms with Crippen LogP contribution in [-0.2, 0) is 125 Å². The van der Waals surface area contributed by atoms with Crippen LogP contribution in [-0.4, -0.2) is 43.8 Å². The minimum Gasteiger partial charge on any atom is -0.564 e. The van der Waals surface area contributed by atoms with Crippen LogP contribution in [0.3, 0.4) is 0 Å². The van der Waals surface area contributed by atoms with Crippen LogP contribution in [0.15, 0.2) is 109 Å². The van der Waals surface area contributed by atoms with Crippen molar-refractivity contribution in [3.05, 3.63) is 213 Å². The zero-order valence-corrected chi connectivity index (χ0v) is 59.2. The molecule has 4 heterocycles. The van der Waals surface area contributed by atoms with Crippen molar-refractivity contribution >= 4 is 26.2 Å². The van der Waals surface area contributed by atoms with E-state index in [-0.39, 0.29) is 103 Å². The maximum atomic E-state index is 14.2. The van der Waals surface area contributed by atoms with E-state index in [0.29, 0.717) is 53.9 Å². The van der Waals surface area contributed by atoms with Crippen molar-refractivity contribution in [3.63, 3.8) is 0 Å². The number of anilines is 1. The quantitative estimate of drug-likeness (QED) is 0.0609. The van der Waals surface area contributed by atoms with E-state index in [2.05, 4.69) is 95.2 Å². The summed E-state index contributed by atoms with van der Waals surface area (Å²) < 4.78 is 88.8. The first kappa shape index (κ1) is 74.5. The van der Waals surface area contributed by atoms with Crippen molar-refractivity contribution < 1.29 is 111 Å². The van der Waals surface area contributed by atoms with E-state index in [0.717, 1.165) is 76.9 Å². The molecule has 0 N–H and O–H groups in total. The summed E-state index contributed by atoms with van der Waals surface area (Å²) in [6.07, 6.45) is 4.45. The number of pyridine rings is 4. The summed E-state index contributed by atoms with van der Waals surface area (Å²) in [4.78, 5) is 19.8. The third-order valence-electron chi connectivity index (χ3n) is 12.8. The molecular weight excluding hydrogens is 1800 g/mol. The van der Waals surface area contributed by atoms with Crippen molar-refractivity contribution in [2.75, 3.05) is 19.0 Å². The van der Waals surface area contributed by atoms with Gasteiger partial charge in [-0.05, 0) is 98.5 Å². The molecule has 9 rings (SSSR count). The van der Waals surface area contributed by atoms with Gasteiger partial charge in [-0.2, -0.15) is 5.26 Å². The van der Waals surface area contributed by atoms with Crippen LogP contribution >= 0.6 is 0 Å². The van der Waals surface area contributed by atoms with Gasteiger partial charge < -0.3 is 29.3 Å². The fraction of sp³-hybridized carbons (Fsp3) is 0.258. The second-order valence-electron chi connectivity index (χ2n) is 18.4. The van der Waals surface area contributed by atoms with Gasteiger partial charge in [0.2, 0.25) is 9.76 Å². The fourth-order valence-corrected chi connectivity index (χ4v) is 8.83. The van der Waals surface area contributed by atoms with E-state index in [1.807, 2.05) is 83.9 Å². The van der Waals surface area contributed by atoms with Gasteiger partial charge in [-0.25, -0.2) is 0 Å². The van der Waals surface area contributed by atoms with Gasteiger partial charge in [-0.1, -0.05) is 184 Å². The van der Waals surface area contributed by atoms with Gasteiger partial charge in [0, 0.05) is 158 Å². The number of halogens is 6. The number of hydrogen-bond acceptors (Lipinski definition) is 7. The standard InChI is InChI=1S/C18H18NOSi.C17H19F2N2.C16H13F2N2.C15H14F2N.4Ir/c1-3-14-8-6-10-18(19-14)17-12-15(20-21-2)11-13-7-4-5-9-16(13)17;1-5-11-7-14(16(19)10-15(11)18)17-9-13(21(3)4)8-12(6-2)20-17;1-3-10-8-12(16(18)13(9-19)15(10)17)14-7-5-6-11(4-2)20-14;1-3-10-8-12(14(17)9-13(10)16)15-7-5-6-11(4-2)18-15;;;;/h4-11H,3,21H2,1-2H3;8-10H,5-6H2,1-4H3;5-7H,3-4H2,1-2H3;5-7,9H,3-4H2,1-2H3;;;;/q4*-1;;;;. The van der Waals surface area contributed by atoms with E-state index in [1.54, 1.807) is 37.3 Å². The zero-order valence-electron chi connectivity index (χ0n) is 48.2. The largest absolute Gasteiger partial charge is 0.564 e. The van der Waals surface area contributed by atoms with Crippen molar-refractivity contribution in [2.45, 2.75) is 100.0 Å². The summed E-state index contributed by atoms with van der Waals surface area (Å²) in [5.41, 5.74) is 8.84. The summed E-state index contributed by atoms with van der Waals surface area (Å²) >= 11 is 0. The fourth-order valence-electron chi connectivity index (χ4n) is 8.36. The molecule has 0 spiro atoms. The first-order valence-electron chi connectivity index (χ1n) is 26.8. The molecule has 9 aromatic rings. The molecular formula is C66H64F6Ir4N6OSi-4. The van der Waals surface area contributed by atoms with Gasteiger partial charge in [0.15, 0.2) is 0 Å². The molecule has 0 saturated heterocycles. The molecule has 7 nitrogen and oxygen atoms in total. The number of nitriles is 1. The van der Waals surface area contributed by atoms with Gasteiger partial charge >= 0.3 is 0 Å². The first-order chi connectivity index (χ1) is 38.5. The predicted octanol–water partition coefficient (Wildman–Crippen LogP) is 15.6. The zero-order chi connectivity index (χ0) is 58.0. The smallest absolute Gasteiger partial charge is 0.214 e. The van der Waals surface area contributed by atoms with Crippen molar-refractivity contribution in [3.8, 4) is 56.8 Å². The van der Waals surface area contributed by atoms with E-state index in [4.69, 9.17) is 14.7 Å². The van der Waals surface area contributed by atoms with Gasteiger partial charge in [0.05, 0.1) is 17.7 Å². The van der Waals surface area contributed by atoms with Crippen LogP contribution in [0.5, 0.6) is 5.75 Å². The van der Waals surface area contributed by atoms with Crippen LogP contribution < -0.4 is 9.33 Å². The molecule has 18 heteroatoms. The second-order valence-corrected chi connectivity index (χ2v) is 19.2. The van der Waals surface area contributed by atoms with Crippen molar-refractivity contribution in [1.29, 1.82) is 5.26 Å². The second kappa shape index (κ2) is 36.4. The van der Waals surface area contributed by atoms with Gasteiger partial charge in [0.1, 0.15) is 0 Å². The molecule has 0 unspecified atom stereocenters. The van der Waals surface area contributed by atoms with E-state index in [9.17, 15) is 26.3 Å². The summed E-state index contributed by atoms with van der Waals surface area (Å²) in [5, 5.41) is 11.3. The number of hydrogen-bond donors (Lipinski definition) is 0. The molecule has 0 aliphatic rings. The molecule has 0 bridgehead atoms. The van der Waals surface area contributed by atoms with E-state index in [1.165, 1.54) is 10.8 Å². The molecule has 0 saturated carbocycles. The molecule has 0 atom stereocenters. The summed E-state index contributed by atoms with van der Waals surface area (Å²) in [6.45, 7) is 15.5. The Labute approximate surface area is 547 Å². The maximum absolute atomic E-state index is 14.2. The molecule has 0 amide bonds. The van der Waals surface area contributed by atoms with E-state index >= 15 is 0 Å². The Hall–Kier alpha value is -5.56. The summed E-state index contributed by atoms with van der Waals surface area (Å²) in [7, 11) is 3.32. The average molecular weight is 1870 g/mol. The maximum Gasteiger partial charge on any atom is 0.214 e. The Kier molecular flexibility index (Phi) is 32.3. The Morgan fingerprint density at radius 3 is 1.36 bits per heavy atom. The molecule has 0 aliphatic carbocycles. The minimum atomic E-state index is -0.900. The molecule has 84 heavy (non-hydrogen) atoms. The number of fused-ring (bicyclic) bond motifs is 1. The van der Waals surface area contributed by atoms with Crippen LogP contribution in [0.4, 0.5) is 32.0 Å². The monoisotopic (exact) mass is 1870 g/mol. The molecule has 5 aromatic carbocycles. The van der Waals surface area contributed by atoms with Crippen molar-refractivity contribution in [2.24, 2.45) is 0 Å². The van der Waals surface area contributed by atoms with Gasteiger partial charge in [-0.3, -0.25) is 26.3 Å². The van der Waals surface area contributed by atoms with Crippen LogP contribution in [0.2, 0.25) is 6.55 Å². The van der Waals surface area contributed by atoms with Gasteiger partial charge in [-0.15, -0.1) is 23.8 Å². The summed E-state index contributed by atoms with van der Waals surface area (Å²) in [6, 6.07) is 46.1. The average Bonchev–Trinajstić information content (AvgIpc) is 3.54. The van der Waals surface area contributed by atoms with Gasteiger partial charge in [0.25, 0.3) is 0 Å². The Bertz CT molecular complexity index is 3640. The van der Waals surface area contributed by atoms with E-state index < -0.39 is 50.2 Å². The third-order valence-corrected chi connectivity index (χ3v) is 13.4. The molecule has 450 valence electrons. The number of rotatable bonds is 14. The number of benzene rings is 5. The number of aryl methyl sites for hydroxylation is 7. The topological polar surface area (TPSA) is 87.8 Å². The first-order valence-corrected chi connectivity index (χ1v) is 28.8. The van der Waals surface area contributed by atoms with Crippen LogP contribution in [0.1, 0.15) is 93.5 Å². The van der Waals surface area contributed by atoms with Crippen LogP contribution in [0, 0.1) is 70.5 Å². The Balaban J connectivity index is 0.000000377. The Morgan fingerprint density at radius 2 is 0.905 bits per heavy atom. The molecule has 0 aliphatic heterocycles. The third kappa shape index (κ3) is 19.2. The summed E-state index contributed by atoms with van der Waals surface area (Å²) in [5.74, 6) is -3.25. The number of nitrogens with zero attached hydrogens (tertiary/aromatic N) is 6. The molecule has 0 fully saturated rings. The molecule has 4 aromatic heterocycles. The van der Waals surface area contributed by atoms with Crippen molar-refractivity contribution in [1.82, 2.24) is 19.9 Å². The minimum absolute atomic E-state index is 0. The SMILES string of the molecule is CCc1cc(N(C)C)cc(-c2[c-]c(CC)c(F)cc2F)n1.CCc1cccc(-c2[c-]c(CC)c(F)c(C#N)c2F)n1.CCc1cccc(-c2[c-]c(CC)c(F)cc2F)n1.CCc1cccc(-c2[c-]c(O[SiH2]C)cc3ccccc23)n1.[Ir].[Ir].[Ir].[Ir]. The predicted molar refractivity (Wildman–Crippen MR) is 311 cm³/mol. The number of aromatic nitrogens is 4. The Morgan fingerprint density at radius 1 is 0.464 bits per heavy atom. The normalized spacial score (nSPS) is 10.3. The molecule has 4 radical (unpaired) electrons. The van der Waals surface area contributed by atoms with Crippen LogP contribution in [0.25, 0.3) is 55.8 Å².